The Hall–Kier alpha value is -0.120. The van der Waals surface area contributed by atoms with Gasteiger partial charge >= 0.3 is 0 Å². The molecule has 2 rings (SSSR count). The first-order valence-corrected chi connectivity index (χ1v) is 11.0. The van der Waals surface area contributed by atoms with Gasteiger partial charge in [0.05, 0.1) is 0 Å². The molecule has 0 amide bonds. The number of nitrogens with two attached hydrogens (primary N) is 1. The fourth-order valence-electron chi connectivity index (χ4n) is 4.69. The zero-order valence-electron chi connectivity index (χ0n) is 16.0. The molecule has 0 radical (unpaired) electrons. The summed E-state index contributed by atoms with van der Waals surface area (Å²) >= 11 is 0. The molecule has 0 saturated heterocycles. The summed E-state index contributed by atoms with van der Waals surface area (Å²) in [7, 11) is 0. The van der Waals surface area contributed by atoms with Crippen molar-refractivity contribution in [1.29, 1.82) is 0 Å². The lowest BCUT2D eigenvalue weighted by molar-refractivity contribution is 0.355. The van der Waals surface area contributed by atoms with E-state index in [9.17, 15) is 0 Å². The average Bonchev–Trinajstić information content (AvgIpc) is 3.29. The fourth-order valence-corrected chi connectivity index (χ4v) is 4.69. The Balaban J connectivity index is 1.57. The van der Waals surface area contributed by atoms with Gasteiger partial charge in [0.2, 0.25) is 0 Å². The van der Waals surface area contributed by atoms with Gasteiger partial charge < -0.3 is 16.4 Å². The highest BCUT2D eigenvalue weighted by Crippen LogP contribution is 2.31. The Labute approximate surface area is 150 Å². The van der Waals surface area contributed by atoms with E-state index in [1.807, 2.05) is 0 Å². The molecule has 2 fully saturated rings. The van der Waals surface area contributed by atoms with E-state index < -0.39 is 0 Å². The predicted octanol–water partition coefficient (Wildman–Crippen LogP) is 4.21. The standard InChI is InChI=1S/C21H43N3/c22-15-5-16-23-17-6-18-24-21(13-11-19-7-1-2-8-19)14-12-20-9-3-4-10-20/h19-21,23-24H,1-18,22H2. The van der Waals surface area contributed by atoms with Gasteiger partial charge in [-0.1, -0.05) is 51.4 Å². The minimum absolute atomic E-state index is 0.773. The van der Waals surface area contributed by atoms with Crippen molar-refractivity contribution >= 4 is 0 Å². The quantitative estimate of drug-likeness (QED) is 0.416. The maximum atomic E-state index is 5.53. The van der Waals surface area contributed by atoms with Gasteiger partial charge in [0.15, 0.2) is 0 Å². The van der Waals surface area contributed by atoms with Gasteiger partial charge in [-0.3, -0.25) is 0 Å². The van der Waals surface area contributed by atoms with E-state index >= 15 is 0 Å². The molecule has 2 saturated carbocycles. The summed E-state index contributed by atoms with van der Waals surface area (Å²) < 4.78 is 0. The summed E-state index contributed by atoms with van der Waals surface area (Å²) in [6.45, 7) is 4.18. The Bertz CT molecular complexity index is 263. The first kappa shape index (κ1) is 20.2. The van der Waals surface area contributed by atoms with Crippen LogP contribution in [0.2, 0.25) is 0 Å². The second-order valence-corrected chi connectivity index (χ2v) is 8.35. The van der Waals surface area contributed by atoms with Crippen molar-refractivity contribution in [3.8, 4) is 0 Å². The van der Waals surface area contributed by atoms with Crippen LogP contribution >= 0.6 is 0 Å². The van der Waals surface area contributed by atoms with Crippen LogP contribution in [0, 0.1) is 11.8 Å². The summed E-state index contributed by atoms with van der Waals surface area (Å²) in [5.74, 6) is 2.08. The predicted molar refractivity (Wildman–Crippen MR) is 105 cm³/mol. The first-order chi connectivity index (χ1) is 11.9. The summed E-state index contributed by atoms with van der Waals surface area (Å²) in [4.78, 5) is 0. The average molecular weight is 338 g/mol. The third-order valence-corrected chi connectivity index (χ3v) is 6.32. The molecule has 0 bridgehead atoms. The van der Waals surface area contributed by atoms with Crippen molar-refractivity contribution in [3.63, 3.8) is 0 Å². The molecule has 0 aromatic heterocycles. The second kappa shape index (κ2) is 13.1. The topological polar surface area (TPSA) is 50.1 Å². The Kier molecular flexibility index (Phi) is 11.1. The molecule has 0 heterocycles. The highest BCUT2D eigenvalue weighted by Gasteiger charge is 2.20. The molecule has 0 unspecified atom stereocenters. The maximum absolute atomic E-state index is 5.53. The molecular weight excluding hydrogens is 294 g/mol. The number of rotatable bonds is 14. The molecular formula is C21H43N3. The molecule has 0 aromatic rings. The lowest BCUT2D eigenvalue weighted by Gasteiger charge is -2.22. The van der Waals surface area contributed by atoms with Gasteiger partial charge in [0.1, 0.15) is 0 Å². The van der Waals surface area contributed by atoms with Gasteiger partial charge in [-0.05, 0) is 76.5 Å². The smallest absolute Gasteiger partial charge is 0.00672 e. The normalized spacial score (nSPS) is 19.8. The van der Waals surface area contributed by atoms with E-state index in [0.29, 0.717) is 0 Å². The molecule has 2 aliphatic rings. The number of hydrogen-bond acceptors (Lipinski definition) is 3. The van der Waals surface area contributed by atoms with Crippen molar-refractivity contribution in [2.75, 3.05) is 26.2 Å². The van der Waals surface area contributed by atoms with Crippen LogP contribution in [0.3, 0.4) is 0 Å². The van der Waals surface area contributed by atoms with E-state index in [0.717, 1.165) is 43.9 Å². The van der Waals surface area contributed by atoms with Crippen LogP contribution in [0.1, 0.15) is 89.9 Å². The minimum atomic E-state index is 0.773. The summed E-state index contributed by atoms with van der Waals surface area (Å²) in [5.41, 5.74) is 5.53. The second-order valence-electron chi connectivity index (χ2n) is 8.35. The van der Waals surface area contributed by atoms with Gasteiger partial charge in [0, 0.05) is 6.04 Å². The van der Waals surface area contributed by atoms with E-state index in [2.05, 4.69) is 10.6 Å². The molecule has 0 aliphatic heterocycles. The Morgan fingerprint density at radius 3 is 1.83 bits per heavy atom. The van der Waals surface area contributed by atoms with Crippen LogP contribution in [-0.2, 0) is 0 Å². The van der Waals surface area contributed by atoms with Gasteiger partial charge in [-0.15, -0.1) is 0 Å². The van der Waals surface area contributed by atoms with Crippen molar-refractivity contribution in [1.82, 2.24) is 10.6 Å². The van der Waals surface area contributed by atoms with E-state index in [4.69, 9.17) is 5.73 Å². The molecule has 3 nitrogen and oxygen atoms in total. The van der Waals surface area contributed by atoms with Gasteiger partial charge in [-0.25, -0.2) is 0 Å². The largest absolute Gasteiger partial charge is 0.330 e. The highest BCUT2D eigenvalue weighted by atomic mass is 14.9. The van der Waals surface area contributed by atoms with Crippen molar-refractivity contribution < 1.29 is 0 Å². The monoisotopic (exact) mass is 337 g/mol. The molecule has 2 aliphatic carbocycles. The first-order valence-electron chi connectivity index (χ1n) is 11.0. The van der Waals surface area contributed by atoms with Crippen LogP contribution in [-0.4, -0.2) is 32.2 Å². The zero-order chi connectivity index (χ0) is 16.9. The molecule has 0 atom stereocenters. The summed E-state index contributed by atoms with van der Waals surface area (Å²) in [6, 6.07) is 0.773. The molecule has 0 aromatic carbocycles. The number of hydrogen-bond donors (Lipinski definition) is 3. The van der Waals surface area contributed by atoms with E-state index in [-0.39, 0.29) is 0 Å². The zero-order valence-corrected chi connectivity index (χ0v) is 16.0. The lowest BCUT2D eigenvalue weighted by Crippen LogP contribution is -2.32. The van der Waals surface area contributed by atoms with Crippen LogP contribution in [0.4, 0.5) is 0 Å². The molecule has 142 valence electrons. The third kappa shape index (κ3) is 8.82. The van der Waals surface area contributed by atoms with E-state index in [1.54, 1.807) is 0 Å². The van der Waals surface area contributed by atoms with E-state index in [1.165, 1.54) is 90.0 Å². The van der Waals surface area contributed by atoms with Crippen molar-refractivity contribution in [2.45, 2.75) is 95.9 Å². The molecule has 4 N–H and O–H groups in total. The summed E-state index contributed by atoms with van der Waals surface area (Å²) in [5, 5.41) is 7.39. The minimum Gasteiger partial charge on any atom is -0.330 e. The van der Waals surface area contributed by atoms with Gasteiger partial charge in [0.25, 0.3) is 0 Å². The molecule has 0 spiro atoms. The molecule has 3 heteroatoms. The third-order valence-electron chi connectivity index (χ3n) is 6.32. The Morgan fingerprint density at radius 1 is 0.750 bits per heavy atom. The SMILES string of the molecule is NCCCNCCCNC(CCC1CCCC1)CCC1CCCC1. The van der Waals surface area contributed by atoms with Crippen LogP contribution in [0.15, 0.2) is 0 Å². The van der Waals surface area contributed by atoms with Crippen LogP contribution in [0.5, 0.6) is 0 Å². The van der Waals surface area contributed by atoms with Gasteiger partial charge in [-0.2, -0.15) is 0 Å². The van der Waals surface area contributed by atoms with Crippen LogP contribution < -0.4 is 16.4 Å². The molecule has 24 heavy (non-hydrogen) atoms. The van der Waals surface area contributed by atoms with Crippen molar-refractivity contribution in [3.05, 3.63) is 0 Å². The highest BCUT2D eigenvalue weighted by molar-refractivity contribution is 4.76. The fraction of sp³-hybridized carbons (Fsp3) is 1.00. The lowest BCUT2D eigenvalue weighted by atomic mass is 9.93. The Morgan fingerprint density at radius 2 is 1.29 bits per heavy atom. The van der Waals surface area contributed by atoms with Crippen LogP contribution in [0.25, 0.3) is 0 Å². The number of nitrogens with one attached hydrogen (secondary N) is 2. The van der Waals surface area contributed by atoms with Crippen molar-refractivity contribution in [2.24, 2.45) is 17.6 Å². The summed E-state index contributed by atoms with van der Waals surface area (Å²) in [6.07, 6.45) is 20.1. The maximum Gasteiger partial charge on any atom is 0.00672 e.